The van der Waals surface area contributed by atoms with E-state index in [2.05, 4.69) is 5.32 Å². The maximum atomic E-state index is 12.2. The Kier molecular flexibility index (Phi) is 2.95. The number of benzene rings is 2. The number of amides is 1. The number of nitrogens with one attached hydrogen (secondary N) is 1. The van der Waals surface area contributed by atoms with Gasteiger partial charge in [-0.1, -0.05) is 24.3 Å². The molecule has 4 N–H and O–H groups in total. The summed E-state index contributed by atoms with van der Waals surface area (Å²) in [6.07, 6.45) is 0. The van der Waals surface area contributed by atoms with E-state index in [9.17, 15) is 9.90 Å². The van der Waals surface area contributed by atoms with Crippen LogP contribution in [0.2, 0.25) is 0 Å². The first-order valence-corrected chi connectivity index (χ1v) is 6.27. The Labute approximate surface area is 116 Å². The molecular formula is C15H14N2O3. The molecule has 5 heteroatoms. The Balaban J connectivity index is 1.83. The molecule has 20 heavy (non-hydrogen) atoms. The molecular weight excluding hydrogens is 256 g/mol. The number of ether oxygens (including phenoxy) is 1. The number of nitrogen functional groups attached to an aromatic ring is 1. The molecule has 2 aromatic rings. The van der Waals surface area contributed by atoms with Gasteiger partial charge in [0.25, 0.3) is 5.91 Å². The second kappa shape index (κ2) is 4.77. The van der Waals surface area contributed by atoms with E-state index >= 15 is 0 Å². The molecule has 0 aliphatic carbocycles. The van der Waals surface area contributed by atoms with Gasteiger partial charge in [0.15, 0.2) is 5.75 Å². The van der Waals surface area contributed by atoms with Crippen LogP contribution in [0.3, 0.4) is 0 Å². The SMILES string of the molecule is Nc1cccc(C(=O)NC2COc3ccccc32)c1O. The summed E-state index contributed by atoms with van der Waals surface area (Å²) < 4.78 is 5.50. The van der Waals surface area contributed by atoms with Crippen LogP contribution in [0.25, 0.3) is 0 Å². The van der Waals surface area contributed by atoms with E-state index in [1.807, 2.05) is 24.3 Å². The Morgan fingerprint density at radius 1 is 1.25 bits per heavy atom. The maximum Gasteiger partial charge on any atom is 0.255 e. The number of carbonyl (C=O) groups is 1. The van der Waals surface area contributed by atoms with Crippen LogP contribution in [-0.4, -0.2) is 17.6 Å². The summed E-state index contributed by atoms with van der Waals surface area (Å²) in [4.78, 5) is 12.2. The van der Waals surface area contributed by atoms with Crippen LogP contribution in [0.4, 0.5) is 5.69 Å². The summed E-state index contributed by atoms with van der Waals surface area (Å²) in [5.41, 5.74) is 6.87. The molecule has 0 fully saturated rings. The summed E-state index contributed by atoms with van der Waals surface area (Å²) in [6.45, 7) is 0.383. The van der Waals surface area contributed by atoms with Crippen LogP contribution in [-0.2, 0) is 0 Å². The molecule has 1 atom stereocenters. The zero-order chi connectivity index (χ0) is 14.1. The quantitative estimate of drug-likeness (QED) is 0.574. The van der Waals surface area contributed by atoms with Crippen molar-refractivity contribution in [3.63, 3.8) is 0 Å². The lowest BCUT2D eigenvalue weighted by atomic mass is 10.1. The van der Waals surface area contributed by atoms with E-state index in [-0.39, 0.29) is 28.9 Å². The molecule has 0 bridgehead atoms. The van der Waals surface area contributed by atoms with Crippen LogP contribution in [0.5, 0.6) is 11.5 Å². The highest BCUT2D eigenvalue weighted by Gasteiger charge is 2.26. The van der Waals surface area contributed by atoms with Crippen molar-refractivity contribution in [2.24, 2.45) is 0 Å². The minimum atomic E-state index is -0.375. The predicted molar refractivity (Wildman–Crippen MR) is 74.7 cm³/mol. The standard InChI is InChI=1S/C15H14N2O3/c16-11-6-3-5-10(14(11)18)15(19)17-12-8-20-13-7-2-1-4-9(12)13/h1-7,12,18H,8,16H2,(H,17,19). The van der Waals surface area contributed by atoms with Gasteiger partial charge in [-0.25, -0.2) is 0 Å². The maximum absolute atomic E-state index is 12.2. The number of anilines is 1. The number of hydrogen-bond acceptors (Lipinski definition) is 4. The molecule has 1 aliphatic heterocycles. The van der Waals surface area contributed by atoms with Crippen molar-refractivity contribution in [3.8, 4) is 11.5 Å². The van der Waals surface area contributed by atoms with Gasteiger partial charge < -0.3 is 20.9 Å². The van der Waals surface area contributed by atoms with Gasteiger partial charge in [-0.15, -0.1) is 0 Å². The molecule has 0 saturated heterocycles. The second-order valence-corrected chi connectivity index (χ2v) is 4.62. The summed E-state index contributed by atoms with van der Waals surface area (Å²) in [5, 5.41) is 12.7. The van der Waals surface area contributed by atoms with Gasteiger partial charge in [0, 0.05) is 5.56 Å². The molecule has 1 unspecified atom stereocenters. The van der Waals surface area contributed by atoms with E-state index in [0.29, 0.717) is 6.61 Å². The zero-order valence-electron chi connectivity index (χ0n) is 10.7. The third kappa shape index (κ3) is 2.03. The fourth-order valence-electron chi connectivity index (χ4n) is 2.26. The molecule has 2 aromatic carbocycles. The smallest absolute Gasteiger partial charge is 0.255 e. The van der Waals surface area contributed by atoms with Crippen molar-refractivity contribution in [1.29, 1.82) is 0 Å². The molecule has 5 nitrogen and oxygen atoms in total. The molecule has 1 amide bonds. The van der Waals surface area contributed by atoms with Crippen molar-refractivity contribution in [2.45, 2.75) is 6.04 Å². The van der Waals surface area contributed by atoms with Crippen molar-refractivity contribution < 1.29 is 14.6 Å². The van der Waals surface area contributed by atoms with E-state index in [1.165, 1.54) is 6.07 Å². The monoisotopic (exact) mass is 270 g/mol. The normalized spacial score (nSPS) is 16.3. The number of hydrogen-bond donors (Lipinski definition) is 3. The van der Waals surface area contributed by atoms with Crippen LogP contribution in [0.15, 0.2) is 42.5 Å². The molecule has 102 valence electrons. The predicted octanol–water partition coefficient (Wildman–Crippen LogP) is 1.84. The van der Waals surface area contributed by atoms with E-state index < -0.39 is 0 Å². The van der Waals surface area contributed by atoms with E-state index in [0.717, 1.165) is 11.3 Å². The Morgan fingerprint density at radius 3 is 2.90 bits per heavy atom. The average molecular weight is 270 g/mol. The fourth-order valence-corrected chi connectivity index (χ4v) is 2.26. The molecule has 0 aromatic heterocycles. The number of phenols is 1. The summed E-state index contributed by atoms with van der Waals surface area (Å²) in [7, 11) is 0. The molecule has 0 spiro atoms. The number of aromatic hydroxyl groups is 1. The number of carbonyl (C=O) groups excluding carboxylic acids is 1. The van der Waals surface area contributed by atoms with Crippen LogP contribution in [0.1, 0.15) is 22.0 Å². The lowest BCUT2D eigenvalue weighted by Gasteiger charge is -2.13. The lowest BCUT2D eigenvalue weighted by molar-refractivity contribution is 0.0927. The summed E-state index contributed by atoms with van der Waals surface area (Å²) >= 11 is 0. The van der Waals surface area contributed by atoms with Crippen LogP contribution < -0.4 is 15.8 Å². The summed E-state index contributed by atoms with van der Waals surface area (Å²) in [5.74, 6) is 0.201. The number of para-hydroxylation sites is 2. The first-order chi connectivity index (χ1) is 9.66. The average Bonchev–Trinajstić information content (AvgIpc) is 2.85. The van der Waals surface area contributed by atoms with E-state index in [4.69, 9.17) is 10.5 Å². The summed E-state index contributed by atoms with van der Waals surface area (Å²) in [6, 6.07) is 12.0. The third-order valence-corrected chi connectivity index (χ3v) is 3.32. The van der Waals surface area contributed by atoms with Crippen molar-refractivity contribution in [1.82, 2.24) is 5.32 Å². The molecule has 1 heterocycles. The van der Waals surface area contributed by atoms with Crippen molar-refractivity contribution >= 4 is 11.6 Å². The first-order valence-electron chi connectivity index (χ1n) is 6.27. The lowest BCUT2D eigenvalue weighted by Crippen LogP contribution is -2.29. The topological polar surface area (TPSA) is 84.6 Å². The Hall–Kier alpha value is -2.69. The minimum Gasteiger partial charge on any atom is -0.505 e. The molecule has 1 aliphatic rings. The second-order valence-electron chi connectivity index (χ2n) is 4.62. The fraction of sp³-hybridized carbons (Fsp3) is 0.133. The number of nitrogens with two attached hydrogens (primary N) is 1. The Bertz CT molecular complexity index is 670. The zero-order valence-corrected chi connectivity index (χ0v) is 10.7. The first kappa shape index (κ1) is 12.3. The number of phenolic OH excluding ortho intramolecular Hbond substituents is 1. The number of rotatable bonds is 2. The van der Waals surface area contributed by atoms with Crippen molar-refractivity contribution in [2.75, 3.05) is 12.3 Å². The highest BCUT2D eigenvalue weighted by atomic mass is 16.5. The molecule has 0 saturated carbocycles. The largest absolute Gasteiger partial charge is 0.505 e. The van der Waals surface area contributed by atoms with Gasteiger partial charge in [-0.05, 0) is 18.2 Å². The highest BCUT2D eigenvalue weighted by molar-refractivity contribution is 5.98. The minimum absolute atomic E-state index is 0.161. The van der Waals surface area contributed by atoms with Gasteiger partial charge in [-0.2, -0.15) is 0 Å². The highest BCUT2D eigenvalue weighted by Crippen LogP contribution is 2.32. The van der Waals surface area contributed by atoms with E-state index in [1.54, 1.807) is 12.1 Å². The van der Waals surface area contributed by atoms with Crippen molar-refractivity contribution in [3.05, 3.63) is 53.6 Å². The van der Waals surface area contributed by atoms with Gasteiger partial charge in [0.05, 0.1) is 17.3 Å². The van der Waals surface area contributed by atoms with Gasteiger partial charge in [0.2, 0.25) is 0 Å². The molecule has 3 rings (SSSR count). The Morgan fingerprint density at radius 2 is 2.05 bits per heavy atom. The van der Waals surface area contributed by atoms with Gasteiger partial charge >= 0.3 is 0 Å². The molecule has 0 radical (unpaired) electrons. The number of fused-ring (bicyclic) bond motifs is 1. The third-order valence-electron chi connectivity index (χ3n) is 3.32. The van der Waals surface area contributed by atoms with Crippen LogP contribution >= 0.6 is 0 Å². The van der Waals surface area contributed by atoms with Gasteiger partial charge in [-0.3, -0.25) is 4.79 Å². The van der Waals surface area contributed by atoms with Gasteiger partial charge in [0.1, 0.15) is 12.4 Å². The van der Waals surface area contributed by atoms with Crippen LogP contribution in [0, 0.1) is 0 Å².